The molecule has 1 aromatic carbocycles. The van der Waals surface area contributed by atoms with Crippen LogP contribution in [0.25, 0.3) is 0 Å². The first kappa shape index (κ1) is 18.1. The van der Waals surface area contributed by atoms with Gasteiger partial charge in [-0.05, 0) is 55.9 Å². The Morgan fingerprint density at radius 3 is 2.92 bits per heavy atom. The molecular weight excluding hydrogens is 356 g/mol. The van der Waals surface area contributed by atoms with Crippen LogP contribution in [0.15, 0.2) is 23.2 Å². The molecule has 1 heterocycles. The summed E-state index contributed by atoms with van der Waals surface area (Å²) in [6.45, 7) is 2.05. The molecule has 8 heteroatoms. The molecule has 0 saturated carbocycles. The van der Waals surface area contributed by atoms with E-state index in [0.717, 1.165) is 36.1 Å². The summed E-state index contributed by atoms with van der Waals surface area (Å²) >= 11 is 1.47. The zero-order valence-corrected chi connectivity index (χ0v) is 15.0. The van der Waals surface area contributed by atoms with Crippen molar-refractivity contribution in [2.24, 2.45) is 4.99 Å². The lowest BCUT2D eigenvalue weighted by molar-refractivity contribution is -0.385. The van der Waals surface area contributed by atoms with Crippen LogP contribution in [0.2, 0.25) is 0 Å². The summed E-state index contributed by atoms with van der Waals surface area (Å²) < 4.78 is 5.18. The number of phenolic OH excluding ortho intramolecular Hbond substituents is 1. The van der Waals surface area contributed by atoms with Gasteiger partial charge in [-0.3, -0.25) is 10.1 Å². The summed E-state index contributed by atoms with van der Waals surface area (Å²) in [5, 5.41) is 21.0. The van der Waals surface area contributed by atoms with Crippen molar-refractivity contribution in [1.29, 1.82) is 0 Å². The molecule has 0 radical (unpaired) electrons. The van der Waals surface area contributed by atoms with Crippen molar-refractivity contribution in [2.75, 3.05) is 6.61 Å². The number of rotatable bonds is 5. The third-order valence-corrected chi connectivity index (χ3v) is 5.36. The molecule has 1 aromatic heterocycles. The maximum atomic E-state index is 12.4. The van der Waals surface area contributed by atoms with Crippen molar-refractivity contribution in [2.45, 2.75) is 32.6 Å². The molecule has 0 spiro atoms. The lowest BCUT2D eigenvalue weighted by atomic mass is 9.95. The number of aromatic hydroxyl groups is 1. The highest BCUT2D eigenvalue weighted by molar-refractivity contribution is 7.16. The molecule has 136 valence electrons. The number of thiophene rings is 1. The number of hydrogen-bond donors (Lipinski definition) is 1. The minimum atomic E-state index is -0.652. The minimum Gasteiger partial charge on any atom is -0.502 e. The van der Waals surface area contributed by atoms with Crippen LogP contribution in [0.3, 0.4) is 0 Å². The van der Waals surface area contributed by atoms with Crippen molar-refractivity contribution >= 4 is 34.2 Å². The maximum absolute atomic E-state index is 12.4. The average Bonchev–Trinajstić information content (AvgIpc) is 2.99. The quantitative estimate of drug-likeness (QED) is 0.366. The van der Waals surface area contributed by atoms with Crippen molar-refractivity contribution in [3.63, 3.8) is 0 Å². The SMILES string of the molecule is CCOC(=O)c1c(/N=C/c2ccc(O)c([N+](=O)[O-])c2)sc2c1CCCC2. The second-order valence-corrected chi connectivity index (χ2v) is 6.96. The van der Waals surface area contributed by atoms with Gasteiger partial charge in [0.2, 0.25) is 0 Å². The number of esters is 1. The van der Waals surface area contributed by atoms with Gasteiger partial charge in [0, 0.05) is 17.2 Å². The molecule has 1 N–H and O–H groups in total. The van der Waals surface area contributed by atoms with E-state index in [0.29, 0.717) is 16.1 Å². The fourth-order valence-electron chi connectivity index (χ4n) is 2.96. The van der Waals surface area contributed by atoms with Gasteiger partial charge in [0.25, 0.3) is 0 Å². The Labute approximate surface area is 154 Å². The standard InChI is InChI=1S/C18H18N2O5S/c1-2-25-18(22)16-12-5-3-4-6-15(12)26-17(16)19-10-11-7-8-14(21)13(9-11)20(23)24/h7-10,21H,2-6H2,1H3/b19-10+. The molecule has 2 aromatic rings. The van der Waals surface area contributed by atoms with Crippen molar-refractivity contribution < 1.29 is 19.6 Å². The van der Waals surface area contributed by atoms with Gasteiger partial charge in [-0.2, -0.15) is 0 Å². The number of aryl methyl sites for hydroxylation is 1. The molecule has 0 amide bonds. The van der Waals surface area contributed by atoms with Crippen LogP contribution in [0, 0.1) is 10.1 Å². The number of hydrogen-bond acceptors (Lipinski definition) is 7. The van der Waals surface area contributed by atoms with E-state index in [2.05, 4.69) is 4.99 Å². The third-order valence-electron chi connectivity index (χ3n) is 4.16. The number of nitrogens with zero attached hydrogens (tertiary/aromatic N) is 2. The van der Waals surface area contributed by atoms with Crippen LogP contribution in [0.1, 0.15) is 46.1 Å². The number of benzene rings is 1. The van der Waals surface area contributed by atoms with E-state index in [1.54, 1.807) is 6.92 Å². The fraction of sp³-hybridized carbons (Fsp3) is 0.333. The molecule has 7 nitrogen and oxygen atoms in total. The molecule has 3 rings (SSSR count). The minimum absolute atomic E-state index is 0.288. The number of fused-ring (bicyclic) bond motifs is 1. The van der Waals surface area contributed by atoms with Gasteiger partial charge < -0.3 is 9.84 Å². The summed E-state index contributed by atoms with van der Waals surface area (Å²) in [5.41, 5.74) is 1.61. The number of carbonyl (C=O) groups excluding carboxylic acids is 1. The van der Waals surface area contributed by atoms with E-state index in [-0.39, 0.29) is 18.3 Å². The van der Waals surface area contributed by atoms with Gasteiger partial charge in [0.1, 0.15) is 5.00 Å². The maximum Gasteiger partial charge on any atom is 0.341 e. The van der Waals surface area contributed by atoms with Gasteiger partial charge in [-0.15, -0.1) is 11.3 Å². The molecule has 26 heavy (non-hydrogen) atoms. The number of carbonyl (C=O) groups is 1. The highest BCUT2D eigenvalue weighted by Crippen LogP contribution is 2.40. The molecule has 0 unspecified atom stereocenters. The number of phenols is 1. The van der Waals surface area contributed by atoms with Crippen LogP contribution in [-0.2, 0) is 17.6 Å². The van der Waals surface area contributed by atoms with Gasteiger partial charge in [-0.25, -0.2) is 9.79 Å². The van der Waals surface area contributed by atoms with Gasteiger partial charge >= 0.3 is 11.7 Å². The molecule has 0 bridgehead atoms. The Morgan fingerprint density at radius 2 is 2.19 bits per heavy atom. The zero-order valence-electron chi connectivity index (χ0n) is 14.2. The first-order valence-corrected chi connectivity index (χ1v) is 9.16. The van der Waals surface area contributed by atoms with Gasteiger partial charge in [0.15, 0.2) is 5.75 Å². The summed E-state index contributed by atoms with van der Waals surface area (Å²) in [5.74, 6) is -0.776. The van der Waals surface area contributed by atoms with Gasteiger partial charge in [0.05, 0.1) is 17.1 Å². The topological polar surface area (TPSA) is 102 Å². The van der Waals surface area contributed by atoms with Crippen molar-refractivity contribution in [3.05, 3.63) is 49.9 Å². The Bertz CT molecular complexity index is 888. The fourth-order valence-corrected chi connectivity index (χ4v) is 4.18. The summed E-state index contributed by atoms with van der Waals surface area (Å²) in [4.78, 5) is 28.2. The second kappa shape index (κ2) is 7.65. The highest BCUT2D eigenvalue weighted by Gasteiger charge is 2.26. The normalized spacial score (nSPS) is 13.6. The number of nitro groups is 1. The highest BCUT2D eigenvalue weighted by atomic mass is 32.1. The molecule has 0 atom stereocenters. The van der Waals surface area contributed by atoms with E-state index < -0.39 is 10.7 Å². The lowest BCUT2D eigenvalue weighted by Crippen LogP contribution is -2.09. The van der Waals surface area contributed by atoms with Crippen LogP contribution in [0.5, 0.6) is 5.75 Å². The van der Waals surface area contributed by atoms with Crippen molar-refractivity contribution in [3.8, 4) is 5.75 Å². The lowest BCUT2D eigenvalue weighted by Gasteiger charge is -2.11. The monoisotopic (exact) mass is 374 g/mol. The largest absolute Gasteiger partial charge is 0.502 e. The molecule has 0 fully saturated rings. The first-order chi connectivity index (χ1) is 12.5. The van der Waals surface area contributed by atoms with E-state index in [4.69, 9.17) is 4.74 Å². The Morgan fingerprint density at radius 1 is 1.42 bits per heavy atom. The van der Waals surface area contributed by atoms with Crippen LogP contribution in [0.4, 0.5) is 10.7 Å². The zero-order chi connectivity index (χ0) is 18.7. The van der Waals surface area contributed by atoms with E-state index in [1.165, 1.54) is 35.8 Å². The Hall–Kier alpha value is -2.74. The molecule has 1 aliphatic carbocycles. The van der Waals surface area contributed by atoms with E-state index in [9.17, 15) is 20.0 Å². The smallest absolute Gasteiger partial charge is 0.341 e. The predicted molar refractivity (Wildman–Crippen MR) is 98.9 cm³/mol. The van der Waals surface area contributed by atoms with E-state index in [1.807, 2.05) is 0 Å². The Kier molecular flexibility index (Phi) is 5.32. The summed E-state index contributed by atoms with van der Waals surface area (Å²) in [7, 11) is 0. The molecule has 0 saturated heterocycles. The summed E-state index contributed by atoms with van der Waals surface area (Å²) in [6, 6.07) is 4.03. The second-order valence-electron chi connectivity index (χ2n) is 5.87. The molecule has 0 aliphatic heterocycles. The number of nitro benzene ring substituents is 1. The van der Waals surface area contributed by atoms with Crippen LogP contribution in [-0.4, -0.2) is 28.8 Å². The third kappa shape index (κ3) is 3.60. The van der Waals surface area contributed by atoms with Gasteiger partial charge in [-0.1, -0.05) is 0 Å². The Balaban J connectivity index is 1.98. The average molecular weight is 374 g/mol. The first-order valence-electron chi connectivity index (χ1n) is 8.34. The summed E-state index contributed by atoms with van der Waals surface area (Å²) in [6.07, 6.45) is 5.34. The molecular formula is C18H18N2O5S. The van der Waals surface area contributed by atoms with E-state index >= 15 is 0 Å². The number of aliphatic imine (C=N–C) groups is 1. The van der Waals surface area contributed by atoms with Crippen LogP contribution < -0.4 is 0 Å². The number of ether oxygens (including phenoxy) is 1. The van der Waals surface area contributed by atoms with Crippen molar-refractivity contribution in [1.82, 2.24) is 0 Å². The predicted octanol–water partition coefficient (Wildman–Crippen LogP) is 4.17. The molecule has 1 aliphatic rings. The van der Waals surface area contributed by atoms with Crippen LogP contribution >= 0.6 is 11.3 Å².